The van der Waals surface area contributed by atoms with Crippen molar-refractivity contribution in [3.8, 4) is 0 Å². The number of H-pyrrole nitrogens is 1. The van der Waals surface area contributed by atoms with Crippen LogP contribution in [0.25, 0.3) is 11.0 Å². The Morgan fingerprint density at radius 1 is 1.09 bits per heavy atom. The zero-order chi connectivity index (χ0) is 24.8. The van der Waals surface area contributed by atoms with Crippen LogP contribution in [0, 0.1) is 5.92 Å². The number of piperazine rings is 1. The number of benzene rings is 2. The zero-order valence-corrected chi connectivity index (χ0v) is 19.9. The van der Waals surface area contributed by atoms with Gasteiger partial charge in [0.25, 0.3) is 0 Å². The Morgan fingerprint density at radius 2 is 1.80 bits per heavy atom. The lowest BCUT2D eigenvalue weighted by molar-refractivity contribution is -0.139. The summed E-state index contributed by atoms with van der Waals surface area (Å²) in [6.45, 7) is 1.42. The maximum absolute atomic E-state index is 13.5. The Bertz CT molecular complexity index is 1320. The number of nitrogens with one attached hydrogen (secondary N) is 1. The molecule has 2 fully saturated rings. The number of halogens is 3. The summed E-state index contributed by atoms with van der Waals surface area (Å²) in [6.07, 6.45) is -3.27. The number of alkyl halides is 3. The molecule has 10 heteroatoms. The van der Waals surface area contributed by atoms with Crippen LogP contribution in [-0.4, -0.2) is 62.0 Å². The number of amides is 1. The van der Waals surface area contributed by atoms with Gasteiger partial charge in [-0.1, -0.05) is 30.3 Å². The Morgan fingerprint density at radius 3 is 2.49 bits per heavy atom. The third-order valence-corrected chi connectivity index (χ3v) is 8.93. The fraction of sp³-hybridized carbons (Fsp3) is 0.400. The summed E-state index contributed by atoms with van der Waals surface area (Å²) in [5.74, 6) is 5.12. The second kappa shape index (κ2) is 8.89. The fourth-order valence-corrected chi connectivity index (χ4v) is 6.60. The summed E-state index contributed by atoms with van der Waals surface area (Å²) in [7, 11) is -2.08. The lowest BCUT2D eigenvalue weighted by Crippen LogP contribution is -2.53. The third kappa shape index (κ3) is 4.89. The number of carbonyl (C=O) groups is 1. The van der Waals surface area contributed by atoms with E-state index in [-0.39, 0.29) is 17.9 Å². The van der Waals surface area contributed by atoms with Crippen LogP contribution in [0.1, 0.15) is 30.0 Å². The number of hydrogen-bond donors (Lipinski definition) is 1. The molecule has 1 aromatic heterocycles. The van der Waals surface area contributed by atoms with Gasteiger partial charge in [-0.2, -0.15) is 13.2 Å². The lowest BCUT2D eigenvalue weighted by Gasteiger charge is -2.43. The van der Waals surface area contributed by atoms with E-state index in [1.54, 1.807) is 0 Å². The van der Waals surface area contributed by atoms with E-state index in [9.17, 15) is 22.2 Å². The molecule has 1 atom stereocenters. The van der Waals surface area contributed by atoms with Crippen molar-refractivity contribution >= 4 is 38.3 Å². The van der Waals surface area contributed by atoms with E-state index >= 15 is 0 Å². The average Bonchev–Trinajstić information content (AvgIpc) is 3.27. The molecule has 186 valence electrons. The van der Waals surface area contributed by atoms with Gasteiger partial charge in [0.2, 0.25) is 11.9 Å². The summed E-state index contributed by atoms with van der Waals surface area (Å²) in [4.78, 5) is 25.0. The van der Waals surface area contributed by atoms with Crippen molar-refractivity contribution in [2.45, 2.75) is 25.1 Å². The second-order valence-electron chi connectivity index (χ2n) is 9.34. The number of fused-ring (bicyclic) bond motifs is 1. The molecule has 35 heavy (non-hydrogen) atoms. The molecular formula is C25H27F3N4O2S. The molecule has 0 aliphatic carbocycles. The molecule has 5 rings (SSSR count). The summed E-state index contributed by atoms with van der Waals surface area (Å²) in [6, 6.07) is 13.0. The lowest BCUT2D eigenvalue weighted by atomic mass is 9.96. The maximum atomic E-state index is 13.5. The average molecular weight is 505 g/mol. The van der Waals surface area contributed by atoms with Gasteiger partial charge in [0.15, 0.2) is 0 Å². The van der Waals surface area contributed by atoms with E-state index in [0.717, 1.165) is 17.7 Å². The SMILES string of the molecule is C=S1(=O)CCC(C(=O)N2CCN(c3nc4ccc(C(F)(F)F)cc4[nH]3)CC2c2ccccc2)CC1. The number of carbonyl (C=O) groups excluding carboxylic acids is 1. The van der Waals surface area contributed by atoms with Crippen LogP contribution in [0.3, 0.4) is 0 Å². The van der Waals surface area contributed by atoms with Gasteiger partial charge in [0.1, 0.15) is 0 Å². The molecule has 1 N–H and O–H groups in total. The smallest absolute Gasteiger partial charge is 0.338 e. The Hall–Kier alpha value is -3.01. The molecule has 3 aromatic rings. The molecule has 6 nitrogen and oxygen atoms in total. The van der Waals surface area contributed by atoms with Crippen molar-refractivity contribution < 1.29 is 22.2 Å². The number of hydrogen-bond acceptors (Lipinski definition) is 4. The number of nitrogens with zero attached hydrogens (tertiary/aromatic N) is 3. The molecule has 2 aliphatic rings. The van der Waals surface area contributed by atoms with Gasteiger partial charge in [0, 0.05) is 37.1 Å². The van der Waals surface area contributed by atoms with E-state index in [4.69, 9.17) is 0 Å². The fourth-order valence-electron chi connectivity index (χ4n) is 4.96. The first-order valence-electron chi connectivity index (χ1n) is 11.6. The van der Waals surface area contributed by atoms with Crippen molar-refractivity contribution in [1.29, 1.82) is 0 Å². The van der Waals surface area contributed by atoms with Gasteiger partial charge < -0.3 is 14.8 Å². The normalized spacial score (nSPS) is 25.7. The summed E-state index contributed by atoms with van der Waals surface area (Å²) < 4.78 is 51.7. The molecule has 2 saturated heterocycles. The minimum absolute atomic E-state index is 0.0628. The Labute approximate surface area is 202 Å². The van der Waals surface area contributed by atoms with Gasteiger partial charge in [-0.05, 0) is 52.0 Å². The summed E-state index contributed by atoms with van der Waals surface area (Å²) in [5.41, 5.74) is 1.04. The van der Waals surface area contributed by atoms with Crippen molar-refractivity contribution in [3.63, 3.8) is 0 Å². The van der Waals surface area contributed by atoms with Gasteiger partial charge in [-0.25, -0.2) is 4.98 Å². The Kier molecular flexibility index (Phi) is 6.03. The highest BCUT2D eigenvalue weighted by Crippen LogP contribution is 2.34. The van der Waals surface area contributed by atoms with Crippen LogP contribution >= 0.6 is 0 Å². The van der Waals surface area contributed by atoms with Gasteiger partial charge >= 0.3 is 6.18 Å². The molecule has 1 amide bonds. The van der Waals surface area contributed by atoms with Crippen molar-refractivity contribution in [2.75, 3.05) is 36.0 Å². The number of rotatable bonds is 3. The van der Waals surface area contributed by atoms with Gasteiger partial charge in [-0.15, -0.1) is 0 Å². The first kappa shape index (κ1) is 23.7. The molecule has 2 aliphatic heterocycles. The van der Waals surface area contributed by atoms with E-state index in [1.807, 2.05) is 40.1 Å². The van der Waals surface area contributed by atoms with E-state index in [2.05, 4.69) is 15.8 Å². The standard InChI is InChI=1S/C25H27F3N4O2S/c1-35(34)13-9-18(10-14-35)23(33)32-12-11-31(16-22(32)17-5-3-2-4-6-17)24-29-20-8-7-19(25(26,27)28)15-21(20)30-24/h2-8,15,18,22H,1,9-14,16H2,(H,29,30). The molecule has 0 saturated carbocycles. The highest BCUT2D eigenvalue weighted by atomic mass is 32.2. The molecule has 0 radical (unpaired) electrons. The molecular weight excluding hydrogens is 477 g/mol. The monoisotopic (exact) mass is 504 g/mol. The van der Waals surface area contributed by atoms with Crippen LogP contribution in [0.4, 0.5) is 19.1 Å². The largest absolute Gasteiger partial charge is 0.416 e. The predicted octanol–water partition coefficient (Wildman–Crippen LogP) is 4.10. The first-order chi connectivity index (χ1) is 16.6. The minimum atomic E-state index is -4.43. The number of imidazole rings is 1. The molecule has 0 spiro atoms. The highest BCUT2D eigenvalue weighted by molar-refractivity contribution is 8.00. The van der Waals surface area contributed by atoms with E-state index in [1.165, 1.54) is 6.07 Å². The van der Waals surface area contributed by atoms with Crippen molar-refractivity contribution in [3.05, 3.63) is 59.7 Å². The van der Waals surface area contributed by atoms with Crippen molar-refractivity contribution in [2.24, 2.45) is 5.92 Å². The van der Waals surface area contributed by atoms with Crippen LogP contribution in [0.5, 0.6) is 0 Å². The molecule has 2 aromatic carbocycles. The number of aromatic nitrogens is 2. The quantitative estimate of drug-likeness (QED) is 0.546. The van der Waals surface area contributed by atoms with E-state index < -0.39 is 21.3 Å². The summed E-state index contributed by atoms with van der Waals surface area (Å²) in [5, 5.41) is 0. The molecule has 0 bridgehead atoms. The number of aromatic amines is 1. The van der Waals surface area contributed by atoms with Crippen LogP contribution in [-0.2, 0) is 20.5 Å². The summed E-state index contributed by atoms with van der Waals surface area (Å²) >= 11 is 0. The zero-order valence-electron chi connectivity index (χ0n) is 19.1. The minimum Gasteiger partial charge on any atom is -0.338 e. The number of anilines is 1. The molecule has 1 unspecified atom stereocenters. The van der Waals surface area contributed by atoms with E-state index in [0.29, 0.717) is 61.0 Å². The third-order valence-electron chi connectivity index (χ3n) is 6.97. The topological polar surface area (TPSA) is 69.3 Å². The van der Waals surface area contributed by atoms with Gasteiger partial charge in [-0.3, -0.25) is 9.00 Å². The predicted molar refractivity (Wildman–Crippen MR) is 132 cm³/mol. The first-order valence-corrected chi connectivity index (χ1v) is 13.7. The second-order valence-corrected chi connectivity index (χ2v) is 12.1. The Balaban J connectivity index is 1.41. The van der Waals surface area contributed by atoms with Crippen LogP contribution in [0.15, 0.2) is 48.5 Å². The maximum Gasteiger partial charge on any atom is 0.416 e. The van der Waals surface area contributed by atoms with Crippen LogP contribution in [0.2, 0.25) is 0 Å². The van der Waals surface area contributed by atoms with Crippen molar-refractivity contribution in [1.82, 2.24) is 14.9 Å². The van der Waals surface area contributed by atoms with Crippen LogP contribution < -0.4 is 4.90 Å². The molecule has 3 heterocycles. The highest BCUT2D eigenvalue weighted by Gasteiger charge is 2.37. The van der Waals surface area contributed by atoms with Gasteiger partial charge in [0.05, 0.1) is 22.6 Å².